The van der Waals surface area contributed by atoms with E-state index in [-0.39, 0.29) is 6.10 Å². The predicted octanol–water partition coefficient (Wildman–Crippen LogP) is 1.32. The number of nitrogens with zero attached hydrogens (tertiary/aromatic N) is 1. The van der Waals surface area contributed by atoms with Gasteiger partial charge in [-0.15, -0.1) is 0 Å². The molecular weight excluding hydrogens is 156 g/mol. The molecule has 4 nitrogen and oxygen atoms in total. The van der Waals surface area contributed by atoms with E-state index in [0.29, 0.717) is 12.3 Å². The van der Waals surface area contributed by atoms with Crippen molar-refractivity contribution in [3.05, 3.63) is 17.5 Å². The van der Waals surface area contributed by atoms with E-state index in [1.165, 1.54) is 0 Å². The number of hydrogen-bond acceptors (Lipinski definition) is 3. The minimum atomic E-state index is -0.0750. The zero-order valence-corrected chi connectivity index (χ0v) is 7.20. The molecule has 0 saturated heterocycles. The van der Waals surface area contributed by atoms with E-state index in [0.717, 1.165) is 11.8 Å². The molecule has 0 fully saturated rings. The highest BCUT2D eigenvalue weighted by molar-refractivity contribution is 5.74. The SMILES string of the molecule is CCOC(C)c1cn[nH]c1C=O. The maximum atomic E-state index is 10.5. The summed E-state index contributed by atoms with van der Waals surface area (Å²) in [5.74, 6) is 0. The van der Waals surface area contributed by atoms with Crippen LogP contribution in [0, 0.1) is 0 Å². The van der Waals surface area contributed by atoms with Crippen LogP contribution in [0.25, 0.3) is 0 Å². The van der Waals surface area contributed by atoms with Crippen molar-refractivity contribution >= 4 is 6.29 Å². The summed E-state index contributed by atoms with van der Waals surface area (Å²) in [4.78, 5) is 10.5. The fourth-order valence-corrected chi connectivity index (χ4v) is 1.06. The van der Waals surface area contributed by atoms with E-state index in [1.54, 1.807) is 6.20 Å². The largest absolute Gasteiger partial charge is 0.374 e. The Morgan fingerprint density at radius 1 is 1.83 bits per heavy atom. The lowest BCUT2D eigenvalue weighted by Crippen LogP contribution is -2.01. The van der Waals surface area contributed by atoms with Crippen molar-refractivity contribution in [1.29, 1.82) is 0 Å². The second-order valence-electron chi connectivity index (χ2n) is 2.45. The van der Waals surface area contributed by atoms with Crippen LogP contribution < -0.4 is 0 Å². The molecule has 0 aliphatic heterocycles. The molecule has 0 spiro atoms. The molecule has 0 saturated carbocycles. The second-order valence-corrected chi connectivity index (χ2v) is 2.45. The van der Waals surface area contributed by atoms with Crippen molar-refractivity contribution in [3.8, 4) is 0 Å². The zero-order valence-electron chi connectivity index (χ0n) is 7.20. The van der Waals surface area contributed by atoms with E-state index in [9.17, 15) is 4.79 Å². The number of hydrogen-bond donors (Lipinski definition) is 1. The first-order valence-corrected chi connectivity index (χ1v) is 3.89. The van der Waals surface area contributed by atoms with Crippen LogP contribution in [0.1, 0.15) is 36.0 Å². The molecule has 66 valence electrons. The fourth-order valence-electron chi connectivity index (χ4n) is 1.06. The standard InChI is InChI=1S/C8H12N2O2/c1-3-12-6(2)7-4-9-10-8(7)5-11/h4-6H,3H2,1-2H3,(H,9,10). The number of carbonyl (C=O) groups excluding carboxylic acids is 1. The van der Waals surface area contributed by atoms with Crippen molar-refractivity contribution in [2.45, 2.75) is 20.0 Å². The molecular formula is C8H12N2O2. The van der Waals surface area contributed by atoms with Crippen LogP contribution in [-0.4, -0.2) is 23.1 Å². The maximum Gasteiger partial charge on any atom is 0.168 e. The minimum absolute atomic E-state index is 0.0750. The summed E-state index contributed by atoms with van der Waals surface area (Å²) < 4.78 is 5.31. The quantitative estimate of drug-likeness (QED) is 0.690. The van der Waals surface area contributed by atoms with Gasteiger partial charge in [0.2, 0.25) is 0 Å². The van der Waals surface area contributed by atoms with Crippen molar-refractivity contribution in [3.63, 3.8) is 0 Å². The number of ether oxygens (including phenoxy) is 1. The molecule has 0 radical (unpaired) electrons. The Bertz CT molecular complexity index is 257. The summed E-state index contributed by atoms with van der Waals surface area (Å²) in [7, 11) is 0. The van der Waals surface area contributed by atoms with Gasteiger partial charge in [-0.1, -0.05) is 0 Å². The lowest BCUT2D eigenvalue weighted by molar-refractivity contribution is 0.0753. The maximum absolute atomic E-state index is 10.5. The molecule has 1 unspecified atom stereocenters. The molecule has 0 aromatic carbocycles. The molecule has 0 aliphatic carbocycles. The molecule has 12 heavy (non-hydrogen) atoms. The number of H-pyrrole nitrogens is 1. The molecule has 1 aromatic heterocycles. The lowest BCUT2D eigenvalue weighted by Gasteiger charge is -2.08. The summed E-state index contributed by atoms with van der Waals surface area (Å²) in [6.45, 7) is 4.43. The van der Waals surface area contributed by atoms with E-state index in [4.69, 9.17) is 4.74 Å². The zero-order chi connectivity index (χ0) is 8.97. The molecule has 1 aromatic rings. The molecule has 1 atom stereocenters. The van der Waals surface area contributed by atoms with E-state index >= 15 is 0 Å². The van der Waals surface area contributed by atoms with Gasteiger partial charge < -0.3 is 4.74 Å². The monoisotopic (exact) mass is 168 g/mol. The average molecular weight is 168 g/mol. The lowest BCUT2D eigenvalue weighted by atomic mass is 10.2. The van der Waals surface area contributed by atoms with Crippen LogP contribution in [-0.2, 0) is 4.74 Å². The molecule has 0 amide bonds. The van der Waals surface area contributed by atoms with Gasteiger partial charge in [-0.2, -0.15) is 5.10 Å². The third-order valence-corrected chi connectivity index (χ3v) is 1.67. The van der Waals surface area contributed by atoms with Crippen molar-refractivity contribution in [1.82, 2.24) is 10.2 Å². The number of aldehydes is 1. The van der Waals surface area contributed by atoms with Gasteiger partial charge in [0.1, 0.15) is 5.69 Å². The summed E-state index contributed by atoms with van der Waals surface area (Å²) >= 11 is 0. The van der Waals surface area contributed by atoms with Crippen molar-refractivity contribution < 1.29 is 9.53 Å². The first kappa shape index (κ1) is 8.93. The third kappa shape index (κ3) is 1.71. The van der Waals surface area contributed by atoms with Gasteiger partial charge in [-0.05, 0) is 13.8 Å². The van der Waals surface area contributed by atoms with Gasteiger partial charge in [0.25, 0.3) is 0 Å². The Morgan fingerprint density at radius 2 is 2.58 bits per heavy atom. The first-order chi connectivity index (χ1) is 5.79. The Kier molecular flexibility index (Phi) is 2.99. The topological polar surface area (TPSA) is 55.0 Å². The number of rotatable bonds is 4. The summed E-state index contributed by atoms with van der Waals surface area (Å²) in [6.07, 6.45) is 2.29. The van der Waals surface area contributed by atoms with Crippen LogP contribution >= 0.6 is 0 Å². The Hall–Kier alpha value is -1.16. The Balaban J connectivity index is 2.78. The highest BCUT2D eigenvalue weighted by Crippen LogP contribution is 2.17. The second kappa shape index (κ2) is 4.01. The molecule has 4 heteroatoms. The summed E-state index contributed by atoms with van der Waals surface area (Å²) in [6, 6.07) is 0. The molecule has 0 bridgehead atoms. The Labute approximate surface area is 70.9 Å². The number of carbonyl (C=O) groups is 1. The van der Waals surface area contributed by atoms with Crippen LogP contribution in [0.15, 0.2) is 6.20 Å². The molecule has 0 aliphatic rings. The van der Waals surface area contributed by atoms with Gasteiger partial charge in [0, 0.05) is 12.2 Å². The van der Waals surface area contributed by atoms with Crippen LogP contribution in [0.3, 0.4) is 0 Å². The van der Waals surface area contributed by atoms with Gasteiger partial charge in [0.05, 0.1) is 12.3 Å². The van der Waals surface area contributed by atoms with Crippen LogP contribution in [0.4, 0.5) is 0 Å². The number of aromatic amines is 1. The molecule has 1 heterocycles. The molecule has 1 rings (SSSR count). The highest BCUT2D eigenvalue weighted by atomic mass is 16.5. The van der Waals surface area contributed by atoms with E-state index < -0.39 is 0 Å². The first-order valence-electron chi connectivity index (χ1n) is 3.89. The van der Waals surface area contributed by atoms with E-state index in [2.05, 4.69) is 10.2 Å². The van der Waals surface area contributed by atoms with Gasteiger partial charge in [-0.3, -0.25) is 9.89 Å². The summed E-state index contributed by atoms with van der Waals surface area (Å²) in [5, 5.41) is 6.36. The minimum Gasteiger partial charge on any atom is -0.374 e. The highest BCUT2D eigenvalue weighted by Gasteiger charge is 2.11. The number of aromatic nitrogens is 2. The molecule has 1 N–H and O–H groups in total. The Morgan fingerprint density at radius 3 is 3.17 bits per heavy atom. The predicted molar refractivity (Wildman–Crippen MR) is 44.0 cm³/mol. The fraction of sp³-hybridized carbons (Fsp3) is 0.500. The van der Waals surface area contributed by atoms with Gasteiger partial charge in [0.15, 0.2) is 6.29 Å². The normalized spacial score (nSPS) is 12.8. The third-order valence-electron chi connectivity index (χ3n) is 1.67. The smallest absolute Gasteiger partial charge is 0.168 e. The van der Waals surface area contributed by atoms with Crippen molar-refractivity contribution in [2.24, 2.45) is 0 Å². The van der Waals surface area contributed by atoms with Gasteiger partial charge in [-0.25, -0.2) is 0 Å². The van der Waals surface area contributed by atoms with E-state index in [1.807, 2.05) is 13.8 Å². The number of nitrogens with one attached hydrogen (secondary N) is 1. The van der Waals surface area contributed by atoms with Crippen molar-refractivity contribution in [2.75, 3.05) is 6.61 Å². The van der Waals surface area contributed by atoms with Gasteiger partial charge >= 0.3 is 0 Å². The van der Waals surface area contributed by atoms with Crippen LogP contribution in [0.5, 0.6) is 0 Å². The average Bonchev–Trinajstić information content (AvgIpc) is 2.51. The summed E-state index contributed by atoms with van der Waals surface area (Å²) in [5.41, 5.74) is 1.31. The van der Waals surface area contributed by atoms with Crippen LogP contribution in [0.2, 0.25) is 0 Å².